The molecule has 0 saturated heterocycles. The second-order valence-electron chi connectivity index (χ2n) is 6.08. The summed E-state index contributed by atoms with van der Waals surface area (Å²) in [6.07, 6.45) is 8.13. The van der Waals surface area contributed by atoms with Crippen LogP contribution in [0.4, 0.5) is 0 Å². The van der Waals surface area contributed by atoms with Gasteiger partial charge in [0, 0.05) is 5.57 Å². The molecule has 1 fully saturated rings. The molecule has 2 heteroatoms. The Morgan fingerprint density at radius 2 is 2.12 bits per heavy atom. The summed E-state index contributed by atoms with van der Waals surface area (Å²) < 4.78 is 0. The van der Waals surface area contributed by atoms with Gasteiger partial charge in [-0.1, -0.05) is 31.6 Å². The number of hydrogen-bond acceptors (Lipinski definition) is 1. The maximum atomic E-state index is 11.2. The molecule has 1 N–H and O–H groups in total. The number of fused-ring (bicyclic) bond motifs is 1. The molecule has 17 heavy (non-hydrogen) atoms. The van der Waals surface area contributed by atoms with E-state index in [1.54, 1.807) is 0 Å². The quantitative estimate of drug-likeness (QED) is 0.701. The number of rotatable bonds is 1. The normalized spacial score (nSPS) is 31.9. The van der Waals surface area contributed by atoms with Crippen LogP contribution >= 0.6 is 0 Å². The van der Waals surface area contributed by atoms with Gasteiger partial charge < -0.3 is 5.11 Å². The number of carboxylic acids is 1. The zero-order chi connectivity index (χ0) is 12.6. The van der Waals surface area contributed by atoms with Gasteiger partial charge in [0.2, 0.25) is 0 Å². The highest BCUT2D eigenvalue weighted by Gasteiger charge is 2.55. The molecule has 0 aromatic carbocycles. The van der Waals surface area contributed by atoms with Crippen molar-refractivity contribution in [2.75, 3.05) is 0 Å². The van der Waals surface area contributed by atoms with Crippen molar-refractivity contribution >= 4 is 5.97 Å². The van der Waals surface area contributed by atoms with Crippen molar-refractivity contribution in [2.45, 2.75) is 46.5 Å². The Morgan fingerprint density at radius 1 is 1.41 bits per heavy atom. The maximum absolute atomic E-state index is 11.2. The molecular formula is C15H22O2. The van der Waals surface area contributed by atoms with Gasteiger partial charge in [-0.3, -0.25) is 0 Å². The molecule has 1 saturated carbocycles. The molecule has 0 heterocycles. The minimum atomic E-state index is -0.738. The summed E-state index contributed by atoms with van der Waals surface area (Å²) >= 11 is 0. The Kier molecular flexibility index (Phi) is 3.15. The monoisotopic (exact) mass is 234 g/mol. The lowest BCUT2D eigenvalue weighted by molar-refractivity contribution is -0.132. The Morgan fingerprint density at radius 3 is 2.76 bits per heavy atom. The van der Waals surface area contributed by atoms with E-state index in [0.29, 0.717) is 29.2 Å². The van der Waals surface area contributed by atoms with Crippen LogP contribution in [-0.2, 0) is 4.79 Å². The van der Waals surface area contributed by atoms with Gasteiger partial charge in [0.15, 0.2) is 0 Å². The molecule has 2 atom stereocenters. The van der Waals surface area contributed by atoms with E-state index in [-0.39, 0.29) is 0 Å². The van der Waals surface area contributed by atoms with Crippen LogP contribution in [-0.4, -0.2) is 11.1 Å². The van der Waals surface area contributed by atoms with E-state index in [2.05, 4.69) is 26.8 Å². The molecule has 0 unspecified atom stereocenters. The molecule has 2 nitrogen and oxygen atoms in total. The van der Waals surface area contributed by atoms with Gasteiger partial charge >= 0.3 is 5.97 Å². The lowest BCUT2D eigenvalue weighted by atomic mass is 10.0. The minimum Gasteiger partial charge on any atom is -0.478 e. The SMILES string of the molecule is CC1=CCCC(C(=O)O)=C[C@@H]2[C@H](CC1)C2(C)C. The van der Waals surface area contributed by atoms with E-state index in [1.165, 1.54) is 18.4 Å². The molecular weight excluding hydrogens is 212 g/mol. The second-order valence-corrected chi connectivity index (χ2v) is 6.08. The fourth-order valence-electron chi connectivity index (χ4n) is 3.11. The minimum absolute atomic E-state index is 0.297. The van der Waals surface area contributed by atoms with Crippen molar-refractivity contribution in [3.05, 3.63) is 23.3 Å². The van der Waals surface area contributed by atoms with Crippen LogP contribution < -0.4 is 0 Å². The lowest BCUT2D eigenvalue weighted by Crippen LogP contribution is -2.02. The number of allylic oxidation sites excluding steroid dienone is 3. The average molecular weight is 234 g/mol. The highest BCUT2D eigenvalue weighted by molar-refractivity contribution is 5.86. The fourth-order valence-corrected chi connectivity index (χ4v) is 3.11. The van der Waals surface area contributed by atoms with E-state index in [1.807, 2.05) is 6.08 Å². The van der Waals surface area contributed by atoms with Gasteiger partial charge in [0.05, 0.1) is 0 Å². The molecule has 2 aliphatic carbocycles. The van der Waals surface area contributed by atoms with Crippen molar-refractivity contribution in [1.82, 2.24) is 0 Å². The first kappa shape index (κ1) is 12.4. The summed E-state index contributed by atoms with van der Waals surface area (Å²) in [4.78, 5) is 11.2. The summed E-state index contributed by atoms with van der Waals surface area (Å²) in [5.74, 6) is 0.399. The third kappa shape index (κ3) is 2.46. The van der Waals surface area contributed by atoms with E-state index >= 15 is 0 Å². The van der Waals surface area contributed by atoms with Crippen LogP contribution in [0.5, 0.6) is 0 Å². The highest BCUT2D eigenvalue weighted by Crippen LogP contribution is 2.61. The largest absolute Gasteiger partial charge is 0.478 e. The highest BCUT2D eigenvalue weighted by atomic mass is 16.4. The predicted molar refractivity (Wildman–Crippen MR) is 68.7 cm³/mol. The van der Waals surface area contributed by atoms with Crippen molar-refractivity contribution in [3.63, 3.8) is 0 Å². The molecule has 0 spiro atoms. The Bertz CT molecular complexity index is 388. The number of hydrogen-bond donors (Lipinski definition) is 1. The third-order valence-corrected chi connectivity index (χ3v) is 4.55. The molecule has 0 aromatic rings. The van der Waals surface area contributed by atoms with E-state index < -0.39 is 5.97 Å². The predicted octanol–water partition coefficient (Wildman–Crippen LogP) is 3.79. The Labute approximate surface area is 103 Å². The second kappa shape index (κ2) is 4.32. The fraction of sp³-hybridized carbons (Fsp3) is 0.667. The molecule has 2 aliphatic rings. The smallest absolute Gasteiger partial charge is 0.331 e. The molecule has 2 rings (SSSR count). The standard InChI is InChI=1S/C15H22O2/c1-10-5-4-6-11(14(16)17)9-13-12(8-7-10)15(13,2)3/h5,9,12-13H,4,6-8H2,1-3H3,(H,16,17)/t12-,13+/m0/s1. The van der Waals surface area contributed by atoms with Crippen LogP contribution in [0.15, 0.2) is 23.3 Å². The van der Waals surface area contributed by atoms with Crippen LogP contribution in [0.3, 0.4) is 0 Å². The maximum Gasteiger partial charge on any atom is 0.331 e. The lowest BCUT2D eigenvalue weighted by Gasteiger charge is -2.05. The van der Waals surface area contributed by atoms with E-state index in [4.69, 9.17) is 0 Å². The average Bonchev–Trinajstić information content (AvgIpc) is 2.76. The van der Waals surface area contributed by atoms with Gasteiger partial charge in [-0.15, -0.1) is 0 Å². The molecule has 0 aromatic heterocycles. The van der Waals surface area contributed by atoms with E-state index in [9.17, 15) is 9.90 Å². The molecule has 0 amide bonds. The topological polar surface area (TPSA) is 37.3 Å². The molecule has 0 bridgehead atoms. The van der Waals surface area contributed by atoms with Gasteiger partial charge in [-0.2, -0.15) is 0 Å². The van der Waals surface area contributed by atoms with Gasteiger partial charge in [0.25, 0.3) is 0 Å². The van der Waals surface area contributed by atoms with Crippen LogP contribution in [0.1, 0.15) is 46.5 Å². The summed E-state index contributed by atoms with van der Waals surface area (Å²) in [6, 6.07) is 0. The zero-order valence-electron chi connectivity index (χ0n) is 11.0. The zero-order valence-corrected chi connectivity index (χ0v) is 11.0. The first-order valence-corrected chi connectivity index (χ1v) is 6.52. The Hall–Kier alpha value is -1.05. The van der Waals surface area contributed by atoms with Crippen LogP contribution in [0.2, 0.25) is 0 Å². The van der Waals surface area contributed by atoms with Crippen molar-refractivity contribution in [2.24, 2.45) is 17.3 Å². The molecule has 0 aliphatic heterocycles. The third-order valence-electron chi connectivity index (χ3n) is 4.55. The van der Waals surface area contributed by atoms with Crippen LogP contribution in [0, 0.1) is 17.3 Å². The van der Waals surface area contributed by atoms with Gasteiger partial charge in [-0.05, 0) is 49.9 Å². The van der Waals surface area contributed by atoms with E-state index in [0.717, 1.165) is 6.42 Å². The molecule has 94 valence electrons. The summed E-state index contributed by atoms with van der Waals surface area (Å²) in [7, 11) is 0. The first-order chi connectivity index (χ1) is 7.93. The van der Waals surface area contributed by atoms with Gasteiger partial charge in [-0.25, -0.2) is 4.79 Å². The summed E-state index contributed by atoms with van der Waals surface area (Å²) in [5, 5.41) is 9.20. The molecule has 0 radical (unpaired) electrons. The van der Waals surface area contributed by atoms with Crippen molar-refractivity contribution < 1.29 is 9.90 Å². The number of aliphatic carboxylic acids is 1. The summed E-state index contributed by atoms with van der Waals surface area (Å²) in [6.45, 7) is 6.68. The van der Waals surface area contributed by atoms with Crippen LogP contribution in [0.25, 0.3) is 0 Å². The van der Waals surface area contributed by atoms with Crippen molar-refractivity contribution in [1.29, 1.82) is 0 Å². The van der Waals surface area contributed by atoms with Crippen molar-refractivity contribution in [3.8, 4) is 0 Å². The number of carboxylic acid groups (broad SMARTS) is 1. The van der Waals surface area contributed by atoms with Gasteiger partial charge in [0.1, 0.15) is 0 Å². The summed E-state index contributed by atoms with van der Waals surface area (Å²) in [5.41, 5.74) is 2.32. The Balaban J connectivity index is 2.22. The first-order valence-electron chi connectivity index (χ1n) is 6.52. The number of carbonyl (C=O) groups is 1.